The Morgan fingerprint density at radius 2 is 1.56 bits per heavy atom. The Kier molecular flexibility index (Phi) is 10.8. The third-order valence-electron chi connectivity index (χ3n) is 6.79. The first kappa shape index (κ1) is 32.2. The molecule has 1 atom stereocenters. The summed E-state index contributed by atoms with van der Waals surface area (Å²) in [5.41, 5.74) is 2.86. The first-order valence-corrected chi connectivity index (χ1v) is 14.1. The second kappa shape index (κ2) is 15.1. The molecule has 0 bridgehead atoms. The van der Waals surface area contributed by atoms with Gasteiger partial charge in [0.25, 0.3) is 5.69 Å². The molecule has 0 saturated heterocycles. The van der Waals surface area contributed by atoms with Crippen molar-refractivity contribution in [3.8, 4) is 5.75 Å². The van der Waals surface area contributed by atoms with Crippen LogP contribution in [0.3, 0.4) is 0 Å². The summed E-state index contributed by atoms with van der Waals surface area (Å²) in [6.45, 7) is 4.65. The normalized spacial score (nSPS) is 14.5. The van der Waals surface area contributed by atoms with Gasteiger partial charge >= 0.3 is 11.9 Å². The fraction of sp³-hybridized carbons (Fsp3) is 0.206. The molecule has 232 valence electrons. The summed E-state index contributed by atoms with van der Waals surface area (Å²) in [5, 5.41) is 17.3. The van der Waals surface area contributed by atoms with Gasteiger partial charge in [0, 0.05) is 36.1 Å². The van der Waals surface area contributed by atoms with Gasteiger partial charge in [-0.15, -0.1) is 0 Å². The predicted octanol–water partition coefficient (Wildman–Crippen LogP) is 5.67. The lowest BCUT2D eigenvalue weighted by atomic mass is 9.80. The second-order valence-corrected chi connectivity index (χ2v) is 10.1. The minimum absolute atomic E-state index is 0.0300. The van der Waals surface area contributed by atoms with E-state index in [1.54, 1.807) is 50.3 Å². The maximum absolute atomic E-state index is 13.5. The number of allylic oxidation sites excluding steroid dienone is 2. The molecular weight excluding hydrogens is 578 g/mol. The van der Waals surface area contributed by atoms with Gasteiger partial charge in [0.1, 0.15) is 25.6 Å². The predicted molar refractivity (Wildman–Crippen MR) is 168 cm³/mol. The number of carbonyl (C=O) groups excluding carboxylic acids is 3. The number of ether oxygens (including phenoxy) is 3. The molecule has 1 aliphatic rings. The molecule has 0 spiro atoms. The molecule has 1 heterocycles. The molecular formula is C34H33N3O8. The molecule has 2 N–H and O–H groups in total. The lowest BCUT2D eigenvalue weighted by Crippen LogP contribution is -2.33. The van der Waals surface area contributed by atoms with E-state index in [4.69, 9.17) is 14.2 Å². The van der Waals surface area contributed by atoms with Crippen molar-refractivity contribution in [2.24, 2.45) is 0 Å². The molecule has 0 aliphatic carbocycles. The van der Waals surface area contributed by atoms with Crippen molar-refractivity contribution in [1.29, 1.82) is 0 Å². The lowest BCUT2D eigenvalue weighted by Gasteiger charge is -2.30. The molecule has 4 rings (SSSR count). The molecule has 3 aromatic carbocycles. The Hall–Kier alpha value is -5.71. The van der Waals surface area contributed by atoms with Crippen LogP contribution in [0.2, 0.25) is 0 Å². The van der Waals surface area contributed by atoms with Gasteiger partial charge in [0.2, 0.25) is 5.91 Å². The topological polar surface area (TPSA) is 146 Å². The van der Waals surface area contributed by atoms with Gasteiger partial charge in [-0.05, 0) is 55.3 Å². The summed E-state index contributed by atoms with van der Waals surface area (Å²) >= 11 is 0. The van der Waals surface area contributed by atoms with E-state index in [0.29, 0.717) is 28.4 Å². The Bertz CT molecular complexity index is 1660. The minimum Gasteiger partial charge on any atom is -0.490 e. The van der Waals surface area contributed by atoms with Crippen LogP contribution in [0, 0.1) is 10.1 Å². The number of amides is 1. The fourth-order valence-electron chi connectivity index (χ4n) is 4.85. The Morgan fingerprint density at radius 3 is 2.20 bits per heavy atom. The Labute approximate surface area is 260 Å². The van der Waals surface area contributed by atoms with E-state index in [1.165, 1.54) is 25.1 Å². The van der Waals surface area contributed by atoms with Gasteiger partial charge in [-0.3, -0.25) is 14.9 Å². The van der Waals surface area contributed by atoms with Gasteiger partial charge in [-0.25, -0.2) is 9.59 Å². The minimum atomic E-state index is -0.994. The summed E-state index contributed by atoms with van der Waals surface area (Å²) < 4.78 is 16.8. The number of hydrogen-bond donors (Lipinski definition) is 2. The van der Waals surface area contributed by atoms with Crippen molar-refractivity contribution >= 4 is 35.3 Å². The summed E-state index contributed by atoms with van der Waals surface area (Å²) in [6.07, 6.45) is 3.52. The van der Waals surface area contributed by atoms with Gasteiger partial charge in [-0.2, -0.15) is 0 Å². The molecule has 11 nitrogen and oxygen atoms in total. The van der Waals surface area contributed by atoms with Crippen LogP contribution in [0.5, 0.6) is 5.75 Å². The molecule has 0 aromatic heterocycles. The van der Waals surface area contributed by atoms with Crippen molar-refractivity contribution in [3.63, 3.8) is 0 Å². The zero-order valence-electron chi connectivity index (χ0n) is 25.1. The van der Waals surface area contributed by atoms with Crippen molar-refractivity contribution in [3.05, 3.63) is 129 Å². The third-order valence-corrected chi connectivity index (χ3v) is 6.79. The number of nitro benzene ring substituents is 1. The number of nitrogens with one attached hydrogen (secondary N) is 2. The first-order valence-electron chi connectivity index (χ1n) is 14.1. The Balaban J connectivity index is 1.51. The van der Waals surface area contributed by atoms with Crippen molar-refractivity contribution in [2.75, 3.05) is 25.1 Å². The van der Waals surface area contributed by atoms with Gasteiger partial charge < -0.3 is 24.8 Å². The zero-order valence-corrected chi connectivity index (χ0v) is 25.1. The quantitative estimate of drug-likeness (QED) is 0.115. The van der Waals surface area contributed by atoms with Gasteiger partial charge in [0.15, 0.2) is 0 Å². The third kappa shape index (κ3) is 8.66. The van der Waals surface area contributed by atoms with E-state index in [1.807, 2.05) is 36.4 Å². The highest BCUT2D eigenvalue weighted by Crippen LogP contribution is 2.40. The van der Waals surface area contributed by atoms with E-state index in [0.717, 1.165) is 5.56 Å². The monoisotopic (exact) mass is 611 g/mol. The van der Waals surface area contributed by atoms with Crippen molar-refractivity contribution < 1.29 is 33.5 Å². The number of nitro groups is 1. The van der Waals surface area contributed by atoms with Crippen LogP contribution in [0.4, 0.5) is 11.4 Å². The van der Waals surface area contributed by atoms with Crippen LogP contribution in [0.15, 0.2) is 107 Å². The summed E-state index contributed by atoms with van der Waals surface area (Å²) in [4.78, 5) is 49.3. The second-order valence-electron chi connectivity index (χ2n) is 10.1. The van der Waals surface area contributed by atoms with Gasteiger partial charge in [-0.1, -0.05) is 48.5 Å². The number of dihydropyridines is 1. The summed E-state index contributed by atoms with van der Waals surface area (Å²) in [6, 6.07) is 22.0. The first-order chi connectivity index (χ1) is 21.6. The Morgan fingerprint density at radius 1 is 0.889 bits per heavy atom. The standard InChI is InChI=1S/C34H33N3O8/c1-22-30(33(39)44-18-8-11-25-9-5-4-6-10-25)32(26-12-7-13-28(21-26)37(41)42)31(23(2)35-22)34(40)45-20-19-43-29-16-14-27(15-17-29)36-24(3)38/h4-17,21,32,35H,18-20H2,1-3H3,(H,36,38)/b11-8+/t32-/m0/s1. The summed E-state index contributed by atoms with van der Waals surface area (Å²) in [5.74, 6) is -2.08. The number of non-ortho nitro benzene ring substituents is 1. The van der Waals surface area contributed by atoms with Crippen molar-refractivity contribution in [2.45, 2.75) is 26.7 Å². The van der Waals surface area contributed by atoms with E-state index in [-0.39, 0.29) is 42.6 Å². The molecule has 0 saturated carbocycles. The van der Waals surface area contributed by atoms with E-state index in [2.05, 4.69) is 10.6 Å². The lowest BCUT2D eigenvalue weighted by molar-refractivity contribution is -0.384. The largest absolute Gasteiger partial charge is 0.490 e. The highest BCUT2D eigenvalue weighted by atomic mass is 16.6. The average molecular weight is 612 g/mol. The number of hydrogen-bond acceptors (Lipinski definition) is 9. The number of benzene rings is 3. The molecule has 0 unspecified atom stereocenters. The zero-order chi connectivity index (χ0) is 32.3. The van der Waals surface area contributed by atoms with E-state index >= 15 is 0 Å². The van der Waals surface area contributed by atoms with Crippen LogP contribution in [0.25, 0.3) is 6.08 Å². The number of carbonyl (C=O) groups is 3. The van der Waals surface area contributed by atoms with Crippen molar-refractivity contribution in [1.82, 2.24) is 5.32 Å². The van der Waals surface area contributed by atoms with Crippen LogP contribution in [0.1, 0.15) is 37.8 Å². The number of esters is 2. The molecule has 45 heavy (non-hydrogen) atoms. The van der Waals surface area contributed by atoms with Crippen LogP contribution in [-0.2, 0) is 23.9 Å². The molecule has 1 amide bonds. The average Bonchev–Trinajstić information content (AvgIpc) is 3.02. The molecule has 11 heteroatoms. The number of anilines is 1. The maximum Gasteiger partial charge on any atom is 0.337 e. The SMILES string of the molecule is CC(=O)Nc1ccc(OCCOC(=O)C2=C(C)NC(C)=C(C(=O)OC/C=C/c3ccccc3)[C@@H]2c2cccc([N+](=O)[O-])c2)cc1. The highest BCUT2D eigenvalue weighted by Gasteiger charge is 2.38. The fourth-order valence-corrected chi connectivity index (χ4v) is 4.85. The maximum atomic E-state index is 13.5. The van der Waals surface area contributed by atoms with Crippen LogP contribution < -0.4 is 15.4 Å². The highest BCUT2D eigenvalue weighted by molar-refractivity contribution is 6.00. The molecule has 0 fully saturated rings. The van der Waals surface area contributed by atoms with E-state index < -0.39 is 22.8 Å². The number of rotatable bonds is 12. The van der Waals surface area contributed by atoms with Crippen LogP contribution in [-0.4, -0.2) is 42.6 Å². The smallest absolute Gasteiger partial charge is 0.337 e. The number of nitrogens with zero attached hydrogens (tertiary/aromatic N) is 1. The summed E-state index contributed by atoms with van der Waals surface area (Å²) in [7, 11) is 0. The molecule has 3 aromatic rings. The van der Waals surface area contributed by atoms with Crippen LogP contribution >= 0.6 is 0 Å². The molecule has 1 aliphatic heterocycles. The van der Waals surface area contributed by atoms with Gasteiger partial charge in [0.05, 0.1) is 22.0 Å². The molecule has 0 radical (unpaired) electrons. The van der Waals surface area contributed by atoms with E-state index in [9.17, 15) is 24.5 Å².